The van der Waals surface area contributed by atoms with Crippen LogP contribution in [0, 0.1) is 13.8 Å². The third kappa shape index (κ3) is 3.99. The minimum Gasteiger partial charge on any atom is -0.461 e. The smallest absolute Gasteiger partial charge is 0.418 e. The molecule has 0 aliphatic heterocycles. The summed E-state index contributed by atoms with van der Waals surface area (Å²) in [7, 11) is 0. The van der Waals surface area contributed by atoms with Crippen LogP contribution in [-0.2, 0) is 17.5 Å². The largest absolute Gasteiger partial charge is 0.461 e. The Balaban J connectivity index is 2.48. The number of anilines is 1. The maximum Gasteiger partial charge on any atom is 0.418 e. The van der Waals surface area contributed by atoms with Crippen LogP contribution >= 0.6 is 0 Å². The highest BCUT2D eigenvalue weighted by Gasteiger charge is 2.34. The Labute approximate surface area is 155 Å². The molecule has 0 spiro atoms. The van der Waals surface area contributed by atoms with Gasteiger partial charge >= 0.3 is 12.1 Å². The number of aromatic nitrogens is 1. The van der Waals surface area contributed by atoms with Crippen molar-refractivity contribution in [3.8, 4) is 0 Å². The van der Waals surface area contributed by atoms with E-state index in [0.717, 1.165) is 6.07 Å². The van der Waals surface area contributed by atoms with E-state index in [4.69, 9.17) is 4.74 Å². The highest BCUT2D eigenvalue weighted by atomic mass is 19.4. The molecule has 0 bridgehead atoms. The summed E-state index contributed by atoms with van der Waals surface area (Å²) in [5.74, 6) is -1.28. The molecule has 0 unspecified atom stereocenters. The zero-order valence-electron chi connectivity index (χ0n) is 15.5. The number of rotatable bonds is 5. The zero-order valence-corrected chi connectivity index (χ0v) is 15.5. The van der Waals surface area contributed by atoms with Crippen LogP contribution in [0.15, 0.2) is 24.3 Å². The molecule has 1 heterocycles. The highest BCUT2D eigenvalue weighted by Crippen LogP contribution is 2.35. The molecule has 1 aromatic heterocycles. The van der Waals surface area contributed by atoms with Crippen LogP contribution < -0.4 is 5.32 Å². The van der Waals surface area contributed by atoms with Crippen LogP contribution in [0.25, 0.3) is 0 Å². The Kier molecular flexibility index (Phi) is 5.98. The van der Waals surface area contributed by atoms with Crippen LogP contribution in [0.3, 0.4) is 0 Å². The summed E-state index contributed by atoms with van der Waals surface area (Å²) in [5.41, 5.74) is -0.0252. The lowest BCUT2D eigenvalue weighted by atomic mass is 10.1. The fraction of sp³-hybridized carbons (Fsp3) is 0.368. The highest BCUT2D eigenvalue weighted by molar-refractivity contribution is 6.08. The van der Waals surface area contributed by atoms with Gasteiger partial charge in [0.2, 0.25) is 0 Å². The number of hydrogen-bond acceptors (Lipinski definition) is 3. The summed E-state index contributed by atoms with van der Waals surface area (Å²) in [6.07, 6.45) is -4.60. The second kappa shape index (κ2) is 7.85. The van der Waals surface area contributed by atoms with E-state index >= 15 is 0 Å². The fourth-order valence-electron chi connectivity index (χ4n) is 3.11. The van der Waals surface area contributed by atoms with Gasteiger partial charge in [-0.15, -0.1) is 0 Å². The molecular formula is C19H21F3N2O3. The van der Waals surface area contributed by atoms with Gasteiger partial charge in [-0.25, -0.2) is 4.79 Å². The molecule has 0 aliphatic carbocycles. The first-order valence-electron chi connectivity index (χ1n) is 8.47. The lowest BCUT2D eigenvalue weighted by molar-refractivity contribution is -0.136. The number of carbonyl (C=O) groups is 2. The molecular weight excluding hydrogens is 361 g/mol. The summed E-state index contributed by atoms with van der Waals surface area (Å²) < 4.78 is 46.1. The number of hydrogen-bond donors (Lipinski definition) is 1. The first-order valence-corrected chi connectivity index (χ1v) is 8.47. The van der Waals surface area contributed by atoms with Crippen molar-refractivity contribution < 1.29 is 27.5 Å². The number of nitrogens with one attached hydrogen (secondary N) is 1. The Morgan fingerprint density at radius 2 is 1.78 bits per heavy atom. The summed E-state index contributed by atoms with van der Waals surface area (Å²) in [4.78, 5) is 25.0. The normalized spacial score (nSPS) is 11.4. The fourth-order valence-corrected chi connectivity index (χ4v) is 3.11. The zero-order chi connectivity index (χ0) is 20.4. The molecule has 5 nitrogen and oxygen atoms in total. The second-order valence-corrected chi connectivity index (χ2v) is 5.90. The third-order valence-corrected chi connectivity index (χ3v) is 4.26. The molecule has 146 valence electrons. The van der Waals surface area contributed by atoms with E-state index in [1.165, 1.54) is 18.2 Å². The SMILES string of the molecule is CCOC(=O)c1c(C)c(C(=O)Nc2ccccc2C(F)(F)F)c(C)n1CC. The van der Waals surface area contributed by atoms with E-state index < -0.39 is 23.6 Å². The van der Waals surface area contributed by atoms with Crippen molar-refractivity contribution >= 4 is 17.6 Å². The molecule has 0 fully saturated rings. The standard InChI is InChI=1S/C19H21F3N2O3/c1-5-24-12(4)15(11(3)16(24)18(26)27-6-2)17(25)23-14-10-8-7-9-13(14)19(20,21)22/h7-10H,5-6H2,1-4H3,(H,23,25). The number of para-hydroxylation sites is 1. The summed E-state index contributed by atoms with van der Waals surface area (Å²) in [6.45, 7) is 7.27. The van der Waals surface area contributed by atoms with Gasteiger partial charge in [0.15, 0.2) is 0 Å². The van der Waals surface area contributed by atoms with Crippen LogP contribution in [0.4, 0.5) is 18.9 Å². The van der Waals surface area contributed by atoms with Crippen LogP contribution in [0.5, 0.6) is 0 Å². The maximum atomic E-state index is 13.2. The van der Waals surface area contributed by atoms with Gasteiger partial charge in [0.25, 0.3) is 5.91 Å². The number of ether oxygens (including phenoxy) is 1. The van der Waals surface area contributed by atoms with Crippen LogP contribution in [0.1, 0.15) is 51.5 Å². The number of benzene rings is 1. The second-order valence-electron chi connectivity index (χ2n) is 5.90. The average molecular weight is 382 g/mol. The minimum atomic E-state index is -4.60. The van der Waals surface area contributed by atoms with E-state index in [1.807, 2.05) is 0 Å². The molecule has 8 heteroatoms. The Morgan fingerprint density at radius 3 is 2.33 bits per heavy atom. The van der Waals surface area contributed by atoms with Crippen LogP contribution in [0.2, 0.25) is 0 Å². The van der Waals surface area contributed by atoms with Crippen molar-refractivity contribution in [1.82, 2.24) is 4.57 Å². The molecule has 2 aromatic rings. The predicted octanol–water partition coefficient (Wildman–Crippen LogP) is 4.57. The monoisotopic (exact) mass is 382 g/mol. The van der Waals surface area contributed by atoms with Crippen LogP contribution in [-0.4, -0.2) is 23.1 Å². The maximum absolute atomic E-state index is 13.2. The topological polar surface area (TPSA) is 60.3 Å². The number of esters is 1. The average Bonchev–Trinajstić information content (AvgIpc) is 2.84. The summed E-state index contributed by atoms with van der Waals surface area (Å²) >= 11 is 0. The molecule has 1 aromatic carbocycles. The predicted molar refractivity (Wildman–Crippen MR) is 94.9 cm³/mol. The van der Waals surface area contributed by atoms with Gasteiger partial charge in [0.05, 0.1) is 23.4 Å². The number of nitrogens with zero attached hydrogens (tertiary/aromatic N) is 1. The molecule has 0 atom stereocenters. The van der Waals surface area contributed by atoms with E-state index in [1.54, 1.807) is 32.3 Å². The molecule has 0 aliphatic rings. The molecule has 0 saturated heterocycles. The molecule has 27 heavy (non-hydrogen) atoms. The molecule has 2 rings (SSSR count). The lowest BCUT2D eigenvalue weighted by Gasteiger charge is -2.14. The Hall–Kier alpha value is -2.77. The molecule has 1 amide bonds. The molecule has 0 saturated carbocycles. The van der Waals surface area contributed by atoms with Gasteiger partial charge in [0, 0.05) is 12.2 Å². The third-order valence-electron chi connectivity index (χ3n) is 4.26. The molecule has 1 N–H and O–H groups in total. The van der Waals surface area contributed by atoms with Crippen molar-refractivity contribution in [3.63, 3.8) is 0 Å². The van der Waals surface area contributed by atoms with E-state index in [9.17, 15) is 22.8 Å². The van der Waals surface area contributed by atoms with Gasteiger partial charge in [-0.1, -0.05) is 12.1 Å². The van der Waals surface area contributed by atoms with Gasteiger partial charge in [0.1, 0.15) is 5.69 Å². The van der Waals surface area contributed by atoms with Gasteiger partial charge in [-0.2, -0.15) is 13.2 Å². The number of amides is 1. The first kappa shape index (κ1) is 20.5. The number of halogens is 3. The van der Waals surface area contributed by atoms with Crippen molar-refractivity contribution in [3.05, 3.63) is 52.3 Å². The summed E-state index contributed by atoms with van der Waals surface area (Å²) in [5, 5.41) is 2.33. The van der Waals surface area contributed by atoms with Crippen molar-refractivity contribution in [1.29, 1.82) is 0 Å². The summed E-state index contributed by atoms with van der Waals surface area (Å²) in [6, 6.07) is 4.75. The minimum absolute atomic E-state index is 0.164. The number of carbonyl (C=O) groups excluding carboxylic acids is 2. The van der Waals surface area contributed by atoms with Crippen molar-refractivity contribution in [2.24, 2.45) is 0 Å². The van der Waals surface area contributed by atoms with Crippen molar-refractivity contribution in [2.45, 2.75) is 40.4 Å². The first-order chi connectivity index (χ1) is 12.6. The quantitative estimate of drug-likeness (QED) is 0.771. The lowest BCUT2D eigenvalue weighted by Crippen LogP contribution is -2.18. The van der Waals surface area contributed by atoms with E-state index in [2.05, 4.69) is 5.32 Å². The number of alkyl halides is 3. The van der Waals surface area contributed by atoms with E-state index in [-0.39, 0.29) is 23.6 Å². The molecule has 0 radical (unpaired) electrons. The Bertz CT molecular complexity index is 870. The van der Waals surface area contributed by atoms with Gasteiger partial charge in [-0.05, 0) is 45.4 Å². The van der Waals surface area contributed by atoms with Crippen molar-refractivity contribution in [2.75, 3.05) is 11.9 Å². The van der Waals surface area contributed by atoms with Gasteiger partial charge in [-0.3, -0.25) is 4.79 Å². The van der Waals surface area contributed by atoms with Gasteiger partial charge < -0.3 is 14.6 Å². The van der Waals surface area contributed by atoms with E-state index in [0.29, 0.717) is 17.8 Å². The Morgan fingerprint density at radius 1 is 1.15 bits per heavy atom.